The average Bonchev–Trinajstić information content (AvgIpc) is 2.43. The van der Waals surface area contributed by atoms with Crippen LogP contribution in [0, 0.1) is 0 Å². The van der Waals surface area contributed by atoms with Crippen molar-refractivity contribution in [1.29, 1.82) is 0 Å². The summed E-state index contributed by atoms with van der Waals surface area (Å²) in [6, 6.07) is 4.67. The van der Waals surface area contributed by atoms with Crippen LogP contribution in [0.25, 0.3) is 6.08 Å². The molecule has 1 aliphatic heterocycles. The number of nitrogens with zero attached hydrogens (tertiary/aromatic N) is 1. The first-order chi connectivity index (χ1) is 9.49. The molecule has 0 bridgehead atoms. The molecule has 1 unspecified atom stereocenters. The van der Waals surface area contributed by atoms with Crippen LogP contribution in [0.3, 0.4) is 0 Å². The van der Waals surface area contributed by atoms with Gasteiger partial charge in [-0.15, -0.1) is 0 Å². The van der Waals surface area contributed by atoms with Crippen molar-refractivity contribution in [2.75, 3.05) is 13.1 Å². The summed E-state index contributed by atoms with van der Waals surface area (Å²) in [5.74, 6) is -0.328. The lowest BCUT2D eigenvalue weighted by atomic mass is 10.1. The topological polar surface area (TPSA) is 49.4 Å². The van der Waals surface area contributed by atoms with Crippen molar-refractivity contribution in [3.05, 3.63) is 39.9 Å². The van der Waals surface area contributed by atoms with E-state index >= 15 is 0 Å². The molecule has 0 radical (unpaired) electrons. The van der Waals surface area contributed by atoms with Gasteiger partial charge in [-0.25, -0.2) is 0 Å². The van der Waals surface area contributed by atoms with Gasteiger partial charge < -0.3 is 10.2 Å². The zero-order chi connectivity index (χ0) is 14.7. The maximum atomic E-state index is 12.1. The molecule has 1 aromatic carbocycles. The van der Waals surface area contributed by atoms with Crippen LogP contribution in [-0.2, 0) is 9.59 Å². The first-order valence-corrected chi connectivity index (χ1v) is 6.96. The summed E-state index contributed by atoms with van der Waals surface area (Å²) in [7, 11) is 0. The summed E-state index contributed by atoms with van der Waals surface area (Å²) in [6.07, 6.45) is 3.10. The largest absolute Gasteiger partial charge is 0.353 e. The van der Waals surface area contributed by atoms with E-state index in [-0.39, 0.29) is 11.8 Å². The SMILES string of the molecule is CC1C(=O)NCCN1C(=O)C=Cc1ccc(Cl)c(Cl)c1. The van der Waals surface area contributed by atoms with Crippen LogP contribution < -0.4 is 5.32 Å². The van der Waals surface area contributed by atoms with Gasteiger partial charge in [0.05, 0.1) is 10.0 Å². The molecule has 4 nitrogen and oxygen atoms in total. The lowest BCUT2D eigenvalue weighted by Gasteiger charge is -2.31. The minimum absolute atomic E-state index is 0.132. The fourth-order valence-corrected chi connectivity index (χ4v) is 2.27. The van der Waals surface area contributed by atoms with E-state index in [2.05, 4.69) is 5.32 Å². The Morgan fingerprint density at radius 3 is 2.85 bits per heavy atom. The van der Waals surface area contributed by atoms with E-state index < -0.39 is 6.04 Å². The van der Waals surface area contributed by atoms with Crippen molar-refractivity contribution in [3.63, 3.8) is 0 Å². The van der Waals surface area contributed by atoms with Crippen LogP contribution in [0.5, 0.6) is 0 Å². The Morgan fingerprint density at radius 2 is 2.15 bits per heavy atom. The fraction of sp³-hybridized carbons (Fsp3) is 0.286. The summed E-state index contributed by atoms with van der Waals surface area (Å²) >= 11 is 11.7. The Kier molecular flexibility index (Phi) is 4.68. The molecule has 106 valence electrons. The normalized spacial score (nSPS) is 19.2. The average molecular weight is 313 g/mol. The molecular weight excluding hydrogens is 299 g/mol. The summed E-state index contributed by atoms with van der Waals surface area (Å²) in [5.41, 5.74) is 0.780. The van der Waals surface area contributed by atoms with Crippen LogP contribution in [0.1, 0.15) is 12.5 Å². The molecule has 0 spiro atoms. The van der Waals surface area contributed by atoms with Crippen LogP contribution in [0.15, 0.2) is 24.3 Å². The first kappa shape index (κ1) is 14.9. The van der Waals surface area contributed by atoms with Gasteiger partial charge in [0, 0.05) is 19.2 Å². The van der Waals surface area contributed by atoms with Crippen LogP contribution in [0.2, 0.25) is 10.0 Å². The number of rotatable bonds is 2. The van der Waals surface area contributed by atoms with Crippen molar-refractivity contribution in [3.8, 4) is 0 Å². The highest BCUT2D eigenvalue weighted by molar-refractivity contribution is 6.42. The maximum absolute atomic E-state index is 12.1. The summed E-state index contributed by atoms with van der Waals surface area (Å²) < 4.78 is 0. The first-order valence-electron chi connectivity index (χ1n) is 6.20. The van der Waals surface area contributed by atoms with Crippen molar-refractivity contribution in [2.45, 2.75) is 13.0 Å². The van der Waals surface area contributed by atoms with Crippen LogP contribution in [-0.4, -0.2) is 35.8 Å². The van der Waals surface area contributed by atoms with Crippen molar-refractivity contribution < 1.29 is 9.59 Å². The number of hydrogen-bond acceptors (Lipinski definition) is 2. The lowest BCUT2D eigenvalue weighted by molar-refractivity contribution is -0.139. The Bertz CT molecular complexity index is 572. The fourth-order valence-electron chi connectivity index (χ4n) is 1.96. The number of amides is 2. The van der Waals surface area contributed by atoms with Crippen LogP contribution >= 0.6 is 23.2 Å². The summed E-state index contributed by atoms with van der Waals surface area (Å²) in [5, 5.41) is 3.62. The molecule has 1 fully saturated rings. The second-order valence-electron chi connectivity index (χ2n) is 4.51. The molecule has 2 rings (SSSR count). The molecular formula is C14H14Cl2N2O2. The van der Waals surface area contributed by atoms with Crippen molar-refractivity contribution in [1.82, 2.24) is 10.2 Å². The van der Waals surface area contributed by atoms with Gasteiger partial charge >= 0.3 is 0 Å². The van der Waals surface area contributed by atoms with E-state index in [4.69, 9.17) is 23.2 Å². The van der Waals surface area contributed by atoms with Gasteiger partial charge in [0.1, 0.15) is 6.04 Å². The van der Waals surface area contributed by atoms with Gasteiger partial charge in [-0.3, -0.25) is 9.59 Å². The maximum Gasteiger partial charge on any atom is 0.247 e. The molecule has 1 N–H and O–H groups in total. The van der Waals surface area contributed by atoms with Gasteiger partial charge in [-0.1, -0.05) is 29.3 Å². The molecule has 2 amide bonds. The predicted octanol–water partition coefficient (Wildman–Crippen LogP) is 2.35. The van der Waals surface area contributed by atoms with Gasteiger partial charge in [0.2, 0.25) is 11.8 Å². The third kappa shape index (κ3) is 3.32. The van der Waals surface area contributed by atoms with E-state index in [0.717, 1.165) is 5.56 Å². The highest BCUT2D eigenvalue weighted by atomic mass is 35.5. The Morgan fingerprint density at radius 1 is 1.40 bits per heavy atom. The number of nitrogens with one attached hydrogen (secondary N) is 1. The predicted molar refractivity (Wildman–Crippen MR) is 79.7 cm³/mol. The van der Waals surface area contributed by atoms with E-state index in [0.29, 0.717) is 23.1 Å². The minimum Gasteiger partial charge on any atom is -0.353 e. The Labute approximate surface area is 127 Å². The number of carbonyl (C=O) groups excluding carboxylic acids is 2. The third-order valence-corrected chi connectivity index (χ3v) is 3.88. The van der Waals surface area contributed by atoms with Crippen molar-refractivity contribution in [2.24, 2.45) is 0 Å². The zero-order valence-electron chi connectivity index (χ0n) is 10.9. The van der Waals surface area contributed by atoms with E-state index in [9.17, 15) is 9.59 Å². The molecule has 1 atom stereocenters. The highest BCUT2D eigenvalue weighted by Crippen LogP contribution is 2.23. The molecule has 1 saturated heterocycles. The number of hydrogen-bond donors (Lipinski definition) is 1. The van der Waals surface area contributed by atoms with Gasteiger partial charge in [0.15, 0.2) is 0 Å². The monoisotopic (exact) mass is 312 g/mol. The number of halogens is 2. The summed E-state index contributed by atoms with van der Waals surface area (Å²) in [4.78, 5) is 25.1. The van der Waals surface area contributed by atoms with Gasteiger partial charge in [-0.2, -0.15) is 0 Å². The quantitative estimate of drug-likeness (QED) is 0.852. The zero-order valence-corrected chi connectivity index (χ0v) is 12.4. The molecule has 1 aromatic rings. The summed E-state index contributed by atoms with van der Waals surface area (Å²) in [6.45, 7) is 2.70. The molecule has 0 saturated carbocycles. The molecule has 6 heteroatoms. The molecule has 1 heterocycles. The second kappa shape index (κ2) is 6.29. The number of piperazine rings is 1. The molecule has 20 heavy (non-hydrogen) atoms. The van der Waals surface area contributed by atoms with E-state index in [1.54, 1.807) is 31.2 Å². The Hall–Kier alpha value is -1.52. The van der Waals surface area contributed by atoms with E-state index in [1.165, 1.54) is 11.0 Å². The lowest BCUT2D eigenvalue weighted by Crippen LogP contribution is -2.55. The molecule has 1 aliphatic rings. The molecule has 0 aliphatic carbocycles. The highest BCUT2D eigenvalue weighted by Gasteiger charge is 2.27. The van der Waals surface area contributed by atoms with Gasteiger partial charge in [-0.05, 0) is 30.7 Å². The van der Waals surface area contributed by atoms with Crippen molar-refractivity contribution >= 4 is 41.1 Å². The number of carbonyl (C=O) groups is 2. The molecule has 0 aromatic heterocycles. The Balaban J connectivity index is 2.08. The number of benzene rings is 1. The minimum atomic E-state index is -0.449. The van der Waals surface area contributed by atoms with Crippen LogP contribution in [0.4, 0.5) is 0 Å². The standard InChI is InChI=1S/C14H14Cl2N2O2/c1-9-14(20)17-6-7-18(9)13(19)5-3-10-2-4-11(15)12(16)8-10/h2-5,8-9H,6-7H2,1H3,(H,17,20). The third-order valence-electron chi connectivity index (χ3n) is 3.14. The smallest absolute Gasteiger partial charge is 0.247 e. The second-order valence-corrected chi connectivity index (χ2v) is 5.32. The van der Waals surface area contributed by atoms with E-state index in [1.807, 2.05) is 0 Å². The van der Waals surface area contributed by atoms with Gasteiger partial charge in [0.25, 0.3) is 0 Å².